The molecule has 2 aromatic rings. The number of sulfonamides is 1. The van der Waals surface area contributed by atoms with Gasteiger partial charge < -0.3 is 14.2 Å². The lowest BCUT2D eigenvalue weighted by molar-refractivity contribution is -0.134. The van der Waals surface area contributed by atoms with Gasteiger partial charge in [-0.3, -0.25) is 4.79 Å². The summed E-state index contributed by atoms with van der Waals surface area (Å²) in [7, 11) is -1.96. The van der Waals surface area contributed by atoms with Crippen molar-refractivity contribution in [2.24, 2.45) is 0 Å². The zero-order valence-electron chi connectivity index (χ0n) is 15.7. The highest BCUT2D eigenvalue weighted by atomic mass is 32.2. The van der Waals surface area contributed by atoms with Gasteiger partial charge in [-0.2, -0.15) is 4.31 Å². The molecule has 150 valence electrons. The minimum absolute atomic E-state index is 0.174. The van der Waals surface area contributed by atoms with Gasteiger partial charge in [0.25, 0.3) is 0 Å². The van der Waals surface area contributed by atoms with Crippen LogP contribution < -0.4 is 9.47 Å². The third-order valence-corrected chi connectivity index (χ3v) is 6.35. The highest BCUT2D eigenvalue weighted by molar-refractivity contribution is 7.89. The Hall–Kier alpha value is -2.42. The van der Waals surface area contributed by atoms with Gasteiger partial charge in [-0.25, -0.2) is 8.42 Å². The number of carbonyl (C=O) groups excluding carboxylic acids is 1. The van der Waals surface area contributed by atoms with Gasteiger partial charge in [-0.1, -0.05) is 12.1 Å². The van der Waals surface area contributed by atoms with Crippen LogP contribution in [0.3, 0.4) is 0 Å². The smallest absolute Gasteiger partial charge is 0.311 e. The van der Waals surface area contributed by atoms with E-state index in [1.807, 2.05) is 24.3 Å². The van der Waals surface area contributed by atoms with Crippen molar-refractivity contribution in [2.45, 2.75) is 17.7 Å². The molecule has 0 aliphatic carbocycles. The Morgan fingerprint density at radius 1 is 1.00 bits per heavy atom. The monoisotopic (exact) mass is 405 g/mol. The van der Waals surface area contributed by atoms with Crippen LogP contribution in [0.25, 0.3) is 0 Å². The first-order chi connectivity index (χ1) is 13.5. The molecule has 1 fully saturated rings. The molecule has 1 heterocycles. The van der Waals surface area contributed by atoms with E-state index in [9.17, 15) is 13.2 Å². The Labute approximate surface area is 164 Å². The number of methoxy groups -OCH3 is 1. The average Bonchev–Trinajstić information content (AvgIpc) is 2.73. The zero-order valence-corrected chi connectivity index (χ0v) is 16.5. The van der Waals surface area contributed by atoms with Gasteiger partial charge in [0.15, 0.2) is 0 Å². The summed E-state index contributed by atoms with van der Waals surface area (Å²) in [5.74, 6) is 0.707. The fourth-order valence-corrected chi connectivity index (χ4v) is 4.24. The molecule has 2 aromatic carbocycles. The third kappa shape index (κ3) is 5.09. The van der Waals surface area contributed by atoms with Crippen LogP contribution in [0, 0.1) is 0 Å². The maximum absolute atomic E-state index is 12.6. The van der Waals surface area contributed by atoms with Crippen LogP contribution in [0.5, 0.6) is 11.5 Å². The third-order valence-electron chi connectivity index (χ3n) is 4.44. The van der Waals surface area contributed by atoms with Crippen molar-refractivity contribution in [3.05, 3.63) is 54.1 Å². The zero-order chi connectivity index (χ0) is 20.0. The van der Waals surface area contributed by atoms with Gasteiger partial charge in [0.1, 0.15) is 11.5 Å². The summed E-state index contributed by atoms with van der Waals surface area (Å²) >= 11 is 0. The first-order valence-electron chi connectivity index (χ1n) is 9.00. The lowest BCUT2D eigenvalue weighted by Gasteiger charge is -2.26. The topological polar surface area (TPSA) is 82.1 Å². The Bertz CT molecular complexity index is 887. The molecule has 0 spiro atoms. The molecule has 0 radical (unpaired) electrons. The number of nitrogens with zero attached hydrogens (tertiary/aromatic N) is 1. The van der Waals surface area contributed by atoms with E-state index in [0.29, 0.717) is 38.5 Å². The van der Waals surface area contributed by atoms with E-state index in [4.69, 9.17) is 14.2 Å². The maximum Gasteiger partial charge on any atom is 0.311 e. The van der Waals surface area contributed by atoms with E-state index in [1.54, 1.807) is 7.11 Å². The van der Waals surface area contributed by atoms with Gasteiger partial charge in [-0.15, -0.1) is 0 Å². The van der Waals surface area contributed by atoms with Crippen molar-refractivity contribution in [1.29, 1.82) is 0 Å². The number of aryl methyl sites for hydroxylation is 1. The summed E-state index contributed by atoms with van der Waals surface area (Å²) in [5.41, 5.74) is 1.00. The predicted octanol–water partition coefficient (Wildman–Crippen LogP) is 2.25. The predicted molar refractivity (Wildman–Crippen MR) is 103 cm³/mol. The summed E-state index contributed by atoms with van der Waals surface area (Å²) in [6.45, 7) is 1.46. The van der Waals surface area contributed by atoms with Crippen LogP contribution in [0.15, 0.2) is 53.4 Å². The van der Waals surface area contributed by atoms with Crippen molar-refractivity contribution < 1.29 is 27.4 Å². The Kier molecular flexibility index (Phi) is 6.66. The van der Waals surface area contributed by atoms with Crippen LogP contribution in [-0.2, 0) is 26.0 Å². The molecule has 8 heteroatoms. The second kappa shape index (κ2) is 9.18. The number of morpholine rings is 1. The van der Waals surface area contributed by atoms with Gasteiger partial charge in [-0.05, 0) is 48.4 Å². The Balaban J connectivity index is 1.55. The van der Waals surface area contributed by atoms with Gasteiger partial charge in [0.05, 0.1) is 25.2 Å². The summed E-state index contributed by atoms with van der Waals surface area (Å²) in [6.07, 6.45) is 0.770. The number of hydrogen-bond donors (Lipinski definition) is 0. The number of esters is 1. The first kappa shape index (κ1) is 20.3. The molecule has 0 saturated carbocycles. The molecular weight excluding hydrogens is 382 g/mol. The van der Waals surface area contributed by atoms with E-state index in [0.717, 1.165) is 11.3 Å². The van der Waals surface area contributed by atoms with Gasteiger partial charge >= 0.3 is 5.97 Å². The van der Waals surface area contributed by atoms with Crippen LogP contribution in [0.1, 0.15) is 12.0 Å². The summed E-state index contributed by atoms with van der Waals surface area (Å²) in [6, 6.07) is 13.4. The standard InChI is InChI=1S/C20H23NO6S/c1-25-17-5-2-16(3-6-17)4-11-20(22)27-18-7-9-19(10-8-18)28(23,24)21-12-14-26-15-13-21/h2-3,5-10H,4,11-15H2,1H3. The SMILES string of the molecule is COc1ccc(CCC(=O)Oc2ccc(S(=O)(=O)N3CCOCC3)cc2)cc1. The maximum atomic E-state index is 12.6. The van der Waals surface area contributed by atoms with Crippen molar-refractivity contribution >= 4 is 16.0 Å². The Morgan fingerprint density at radius 3 is 2.21 bits per heavy atom. The van der Waals surface area contributed by atoms with Crippen LogP contribution >= 0.6 is 0 Å². The number of ether oxygens (including phenoxy) is 3. The van der Waals surface area contributed by atoms with E-state index >= 15 is 0 Å². The van der Waals surface area contributed by atoms with E-state index in [1.165, 1.54) is 28.6 Å². The van der Waals surface area contributed by atoms with Crippen LogP contribution in [-0.4, -0.2) is 52.1 Å². The second-order valence-electron chi connectivity index (χ2n) is 6.31. The highest BCUT2D eigenvalue weighted by Gasteiger charge is 2.26. The molecule has 7 nitrogen and oxygen atoms in total. The van der Waals surface area contributed by atoms with E-state index < -0.39 is 10.0 Å². The van der Waals surface area contributed by atoms with Crippen molar-refractivity contribution in [2.75, 3.05) is 33.4 Å². The molecule has 0 aromatic heterocycles. The fraction of sp³-hybridized carbons (Fsp3) is 0.350. The number of carbonyl (C=O) groups is 1. The minimum atomic E-state index is -3.56. The molecule has 0 atom stereocenters. The van der Waals surface area contributed by atoms with Crippen molar-refractivity contribution in [3.8, 4) is 11.5 Å². The van der Waals surface area contributed by atoms with Crippen LogP contribution in [0.2, 0.25) is 0 Å². The molecule has 1 aliphatic rings. The summed E-state index contributed by atoms with van der Waals surface area (Å²) in [5, 5.41) is 0. The molecule has 0 unspecified atom stereocenters. The minimum Gasteiger partial charge on any atom is -0.497 e. The second-order valence-corrected chi connectivity index (χ2v) is 8.25. The van der Waals surface area contributed by atoms with Gasteiger partial charge in [0, 0.05) is 19.5 Å². The highest BCUT2D eigenvalue weighted by Crippen LogP contribution is 2.21. The van der Waals surface area contributed by atoms with Crippen molar-refractivity contribution in [3.63, 3.8) is 0 Å². The quantitative estimate of drug-likeness (QED) is 0.519. The molecule has 3 rings (SSSR count). The lowest BCUT2D eigenvalue weighted by Crippen LogP contribution is -2.40. The largest absolute Gasteiger partial charge is 0.497 e. The first-order valence-corrected chi connectivity index (χ1v) is 10.4. The molecule has 0 N–H and O–H groups in total. The number of hydrogen-bond acceptors (Lipinski definition) is 6. The number of rotatable bonds is 7. The van der Waals surface area contributed by atoms with Crippen LogP contribution in [0.4, 0.5) is 0 Å². The average molecular weight is 405 g/mol. The summed E-state index contributed by atoms with van der Waals surface area (Å²) in [4.78, 5) is 12.2. The van der Waals surface area contributed by atoms with Crippen molar-refractivity contribution in [1.82, 2.24) is 4.31 Å². The molecule has 28 heavy (non-hydrogen) atoms. The normalized spacial score (nSPS) is 15.2. The van der Waals surface area contributed by atoms with E-state index in [-0.39, 0.29) is 17.3 Å². The molecule has 1 aliphatic heterocycles. The fourth-order valence-electron chi connectivity index (χ4n) is 2.84. The van der Waals surface area contributed by atoms with Gasteiger partial charge in [0.2, 0.25) is 10.0 Å². The molecular formula is C20H23NO6S. The van der Waals surface area contributed by atoms with E-state index in [2.05, 4.69) is 0 Å². The molecule has 0 amide bonds. The molecule has 0 bridgehead atoms. The number of benzene rings is 2. The summed E-state index contributed by atoms with van der Waals surface area (Å²) < 4.78 is 42.1. The lowest BCUT2D eigenvalue weighted by atomic mass is 10.1. The Morgan fingerprint density at radius 2 is 1.61 bits per heavy atom. The molecule has 1 saturated heterocycles.